The number of anilines is 3. The highest BCUT2D eigenvalue weighted by Crippen LogP contribution is 2.55. The highest BCUT2D eigenvalue weighted by Gasteiger charge is 2.46. The molecule has 2 aliphatic heterocycles. The van der Waals surface area contributed by atoms with Crippen LogP contribution in [0.3, 0.4) is 0 Å². The summed E-state index contributed by atoms with van der Waals surface area (Å²) in [6.45, 7) is 9.56. The lowest BCUT2D eigenvalue weighted by atomic mass is 9.44. The fourth-order valence-electron chi connectivity index (χ4n) is 12.2. The number of para-hydroxylation sites is 1. The number of hydrogen-bond donors (Lipinski definition) is 0. The summed E-state index contributed by atoms with van der Waals surface area (Å²) in [7, 11) is 0. The molecule has 0 atom stereocenters. The summed E-state index contributed by atoms with van der Waals surface area (Å²) >= 11 is 0. The van der Waals surface area contributed by atoms with Crippen LogP contribution in [-0.4, -0.2) is 11.3 Å². The molecule has 1 aromatic heterocycles. The molecule has 0 saturated carbocycles. The average Bonchev–Trinajstić information content (AvgIpc) is 3.79. The SMILES string of the molecule is CC1(C)c2ccccc2-c2cc(N3c4cc5c(cc4B4c6c3cc3ccccc3c6-c3cccc6c7cc8ccccc8cc7n4c36)C(C)(C)c3ccccc3-5)ccc21. The molecule has 2 nitrogen and oxygen atoms in total. The van der Waals surface area contributed by atoms with Gasteiger partial charge in [-0.2, -0.15) is 0 Å². The zero-order valence-corrected chi connectivity index (χ0v) is 33.6. The summed E-state index contributed by atoms with van der Waals surface area (Å²) in [6.07, 6.45) is 0. The fourth-order valence-corrected chi connectivity index (χ4v) is 12.2. The first-order valence-electron chi connectivity index (χ1n) is 21.1. The quantitative estimate of drug-likeness (QED) is 0.152. The average molecular weight is 751 g/mol. The van der Waals surface area contributed by atoms with Crippen molar-refractivity contribution in [3.05, 3.63) is 186 Å². The van der Waals surface area contributed by atoms with E-state index in [4.69, 9.17) is 0 Å². The van der Waals surface area contributed by atoms with Gasteiger partial charge in [0.1, 0.15) is 0 Å². The van der Waals surface area contributed by atoms with E-state index in [0.717, 1.165) is 0 Å². The van der Waals surface area contributed by atoms with Crippen LogP contribution in [0.15, 0.2) is 164 Å². The summed E-state index contributed by atoms with van der Waals surface area (Å²) < 4.78 is 2.73. The molecule has 10 aromatic rings. The molecule has 0 saturated heterocycles. The summed E-state index contributed by atoms with van der Waals surface area (Å²) in [4.78, 5) is 2.63. The summed E-state index contributed by atoms with van der Waals surface area (Å²) in [5.74, 6) is 0. The number of benzene rings is 9. The van der Waals surface area contributed by atoms with Gasteiger partial charge < -0.3 is 9.38 Å². The third kappa shape index (κ3) is 3.81. The maximum Gasteiger partial charge on any atom is 0.333 e. The van der Waals surface area contributed by atoms with Crippen molar-refractivity contribution in [2.24, 2.45) is 0 Å². The van der Waals surface area contributed by atoms with Gasteiger partial charge in [0.25, 0.3) is 0 Å². The molecule has 3 heterocycles. The van der Waals surface area contributed by atoms with E-state index in [9.17, 15) is 0 Å². The van der Waals surface area contributed by atoms with Crippen molar-refractivity contribution >= 4 is 78.2 Å². The van der Waals surface area contributed by atoms with Crippen LogP contribution in [0.1, 0.15) is 49.9 Å². The first-order chi connectivity index (χ1) is 28.8. The fraction of sp³-hybridized carbons (Fsp3) is 0.107. The Labute approximate surface area is 344 Å². The molecule has 0 radical (unpaired) electrons. The topological polar surface area (TPSA) is 8.17 Å². The van der Waals surface area contributed by atoms with Gasteiger partial charge in [-0.25, -0.2) is 0 Å². The zero-order chi connectivity index (χ0) is 39.1. The molecule has 3 heteroatoms. The number of hydrogen-bond acceptors (Lipinski definition) is 1. The Hall–Kier alpha value is -6.84. The van der Waals surface area contributed by atoms with Crippen molar-refractivity contribution in [1.82, 2.24) is 4.48 Å². The molecule has 14 rings (SSSR count). The van der Waals surface area contributed by atoms with Crippen molar-refractivity contribution in [3.8, 4) is 33.4 Å². The minimum Gasteiger partial charge on any atom is -0.375 e. The second kappa shape index (κ2) is 10.6. The Morgan fingerprint density at radius 1 is 0.424 bits per heavy atom. The van der Waals surface area contributed by atoms with Crippen LogP contribution in [0.4, 0.5) is 17.1 Å². The molecule has 9 aromatic carbocycles. The predicted molar refractivity (Wildman–Crippen MR) is 250 cm³/mol. The molecule has 0 amide bonds. The molecule has 59 heavy (non-hydrogen) atoms. The lowest BCUT2D eigenvalue weighted by molar-refractivity contribution is 0.660. The zero-order valence-electron chi connectivity index (χ0n) is 33.6. The van der Waals surface area contributed by atoms with E-state index in [1.54, 1.807) is 0 Å². The van der Waals surface area contributed by atoms with Gasteiger partial charge in [-0.1, -0.05) is 155 Å². The van der Waals surface area contributed by atoms with Crippen molar-refractivity contribution in [3.63, 3.8) is 0 Å². The lowest BCUT2D eigenvalue weighted by Crippen LogP contribution is -2.57. The minimum atomic E-state index is -0.141. The summed E-state index contributed by atoms with van der Waals surface area (Å²) in [6, 6.07) is 63.0. The van der Waals surface area contributed by atoms with E-state index in [1.165, 1.54) is 127 Å². The van der Waals surface area contributed by atoms with E-state index < -0.39 is 0 Å². The van der Waals surface area contributed by atoms with E-state index >= 15 is 0 Å². The smallest absolute Gasteiger partial charge is 0.333 e. The van der Waals surface area contributed by atoms with E-state index in [2.05, 4.69) is 201 Å². The molecular weight excluding hydrogens is 711 g/mol. The maximum atomic E-state index is 2.73. The molecular formula is C56H39BN2. The standard InChI is InChI=1S/C56H39BN2/c1-55(2)44-22-11-9-18-37(44)41-29-35(24-25-46(41)55)58-50-30-42-38-19-10-12-23-45(38)56(3,4)47(42)31-48(50)57-53-51(58)28-34-16-7-8-17-36(34)52(53)40-21-13-20-39-43-26-32-14-5-6-15-33(32)27-49(43)59(57)54(39)40/h5-31H,1-4H3. The number of fused-ring (bicyclic) bond motifs is 16. The van der Waals surface area contributed by atoms with E-state index in [1.807, 2.05) is 0 Å². The molecule has 0 N–H and O–H groups in total. The van der Waals surface area contributed by atoms with Gasteiger partial charge >= 0.3 is 6.85 Å². The molecule has 4 aliphatic rings. The largest absolute Gasteiger partial charge is 0.375 e. The Kier molecular flexibility index (Phi) is 5.78. The Morgan fingerprint density at radius 2 is 1.03 bits per heavy atom. The lowest BCUT2D eigenvalue weighted by Gasteiger charge is -2.42. The van der Waals surface area contributed by atoms with E-state index in [-0.39, 0.29) is 17.7 Å². The first kappa shape index (κ1) is 32.2. The normalized spacial score (nSPS) is 15.7. The molecule has 0 unspecified atom stereocenters. The van der Waals surface area contributed by atoms with Crippen molar-refractivity contribution in [2.45, 2.75) is 38.5 Å². The summed E-state index contributed by atoms with van der Waals surface area (Å²) in [5.41, 5.74) is 22.5. The highest BCUT2D eigenvalue weighted by atomic mass is 15.2. The Balaban J connectivity index is 1.16. The van der Waals surface area contributed by atoms with Crippen LogP contribution in [0, 0.1) is 0 Å². The van der Waals surface area contributed by atoms with Crippen molar-refractivity contribution < 1.29 is 0 Å². The second-order valence-electron chi connectivity index (χ2n) is 18.5. The second-order valence-corrected chi connectivity index (χ2v) is 18.5. The van der Waals surface area contributed by atoms with E-state index in [0.29, 0.717) is 0 Å². The third-order valence-corrected chi connectivity index (χ3v) is 14.9. The minimum absolute atomic E-state index is 0.0363. The van der Waals surface area contributed by atoms with Crippen LogP contribution in [0.5, 0.6) is 0 Å². The van der Waals surface area contributed by atoms with Crippen molar-refractivity contribution in [1.29, 1.82) is 0 Å². The van der Waals surface area contributed by atoms with Crippen LogP contribution >= 0.6 is 0 Å². The van der Waals surface area contributed by atoms with Gasteiger partial charge in [-0.05, 0) is 119 Å². The number of rotatable bonds is 1. The first-order valence-corrected chi connectivity index (χ1v) is 21.1. The van der Waals surface area contributed by atoms with Crippen molar-refractivity contribution in [2.75, 3.05) is 4.90 Å². The number of aromatic nitrogens is 1. The number of nitrogens with zero attached hydrogens (tertiary/aromatic N) is 2. The molecule has 0 bridgehead atoms. The highest BCUT2D eigenvalue weighted by molar-refractivity contribution is 6.90. The van der Waals surface area contributed by atoms with Crippen LogP contribution in [-0.2, 0) is 10.8 Å². The molecule has 0 fully saturated rings. The van der Waals surface area contributed by atoms with Gasteiger partial charge in [0.05, 0.1) is 0 Å². The van der Waals surface area contributed by atoms with Crippen LogP contribution < -0.4 is 15.8 Å². The van der Waals surface area contributed by atoms with Crippen LogP contribution in [0.2, 0.25) is 0 Å². The predicted octanol–water partition coefficient (Wildman–Crippen LogP) is 13.1. The Bertz CT molecular complexity index is 3580. The summed E-state index contributed by atoms with van der Waals surface area (Å²) in [5, 5.41) is 7.77. The van der Waals surface area contributed by atoms with Gasteiger partial charge in [0.15, 0.2) is 0 Å². The molecule has 0 spiro atoms. The van der Waals surface area contributed by atoms with Gasteiger partial charge in [0.2, 0.25) is 0 Å². The molecule has 276 valence electrons. The van der Waals surface area contributed by atoms with Gasteiger partial charge in [0, 0.05) is 55.3 Å². The third-order valence-electron chi connectivity index (χ3n) is 14.9. The maximum absolute atomic E-state index is 2.73. The molecule has 2 aliphatic carbocycles. The van der Waals surface area contributed by atoms with Crippen LogP contribution in [0.25, 0.3) is 76.7 Å². The monoisotopic (exact) mass is 750 g/mol. The Morgan fingerprint density at radius 3 is 1.81 bits per heavy atom. The van der Waals surface area contributed by atoms with Gasteiger partial charge in [-0.3, -0.25) is 0 Å². The van der Waals surface area contributed by atoms with Gasteiger partial charge in [-0.15, -0.1) is 0 Å².